The molecule has 51 heavy (non-hydrogen) atoms. The van der Waals surface area contributed by atoms with Gasteiger partial charge in [0, 0.05) is 16.7 Å². The molecule has 6 aromatic rings. The van der Waals surface area contributed by atoms with E-state index in [0.29, 0.717) is 28.6 Å². The summed E-state index contributed by atoms with van der Waals surface area (Å²) < 4.78 is 0. The molecular weight excluding hydrogens is 637 g/mol. The summed E-state index contributed by atoms with van der Waals surface area (Å²) in [5.41, 5.74) is 10.5. The molecule has 0 amide bonds. The molecule has 0 saturated heterocycles. The maximum atomic E-state index is 7.41. The fourth-order valence-corrected chi connectivity index (χ4v) is 13.7. The number of hydrogen-bond acceptors (Lipinski definition) is 3. The van der Waals surface area contributed by atoms with Gasteiger partial charge in [0.25, 0.3) is 0 Å². The molecule has 0 atom stereocenters. The maximum Gasteiger partial charge on any atom is 0.187 e. The fraction of sp³-hybridized carbons (Fsp3) is 0.261. The zero-order chi connectivity index (χ0) is 34.3. The summed E-state index contributed by atoms with van der Waals surface area (Å²) in [5.74, 6) is 4.77. The molecule has 11 rings (SSSR count). The average Bonchev–Trinajstić information content (AvgIpc) is 3.40. The van der Waals surface area contributed by atoms with E-state index in [4.69, 9.17) is 21.5 Å². The molecule has 4 saturated carbocycles. The molecule has 4 bridgehead atoms. The van der Waals surface area contributed by atoms with Crippen LogP contribution in [0.5, 0.6) is 0 Å². The topological polar surface area (TPSA) is 43.0 Å². The van der Waals surface area contributed by atoms with Crippen molar-refractivity contribution < 1.29 is 0 Å². The van der Waals surface area contributed by atoms with Gasteiger partial charge >= 0.3 is 0 Å². The predicted octanol–water partition coefficient (Wildman–Crippen LogP) is 10.4. The minimum Gasteiger partial charge on any atom is -0.238 e. The van der Waals surface area contributed by atoms with Gasteiger partial charge in [-0.05, 0) is 99.9 Å². The van der Waals surface area contributed by atoms with Gasteiger partial charge in [0.15, 0.2) is 23.2 Å². The Morgan fingerprint density at radius 2 is 1.02 bits per heavy atom. The van der Waals surface area contributed by atoms with Crippen molar-refractivity contribution in [1.29, 1.82) is 0 Å². The van der Waals surface area contributed by atoms with Crippen molar-refractivity contribution in [2.75, 3.05) is 0 Å². The maximum absolute atomic E-state index is 7.41. The van der Waals surface area contributed by atoms with Gasteiger partial charge in [0.2, 0.25) is 0 Å². The van der Waals surface area contributed by atoms with Crippen LogP contribution in [-0.2, 0) is 5.41 Å². The third-order valence-electron chi connectivity index (χ3n) is 12.7. The first-order chi connectivity index (χ1) is 24.8. The zero-order valence-corrected chi connectivity index (χ0v) is 30.2. The van der Waals surface area contributed by atoms with Crippen LogP contribution in [0.3, 0.4) is 0 Å². The van der Waals surface area contributed by atoms with Crippen LogP contribution in [0.2, 0.25) is 13.1 Å². The third kappa shape index (κ3) is 5.03. The Hall–Kier alpha value is -5.18. The molecule has 0 N–H and O–H groups in total. The van der Waals surface area contributed by atoms with Crippen molar-refractivity contribution >= 4 is 24.1 Å². The van der Waals surface area contributed by atoms with Crippen molar-refractivity contribution in [3.63, 3.8) is 0 Å². The molecule has 5 aromatic carbocycles. The second-order valence-electron chi connectivity index (χ2n) is 16.2. The second-order valence-corrected chi connectivity index (χ2v) is 20.6. The van der Waals surface area contributed by atoms with E-state index in [1.165, 1.54) is 71.2 Å². The molecule has 4 aliphatic carbocycles. The van der Waals surface area contributed by atoms with Gasteiger partial charge in [0.05, 0.1) is 6.57 Å². The monoisotopic (exact) mass is 676 g/mol. The molecule has 0 spiro atoms. The van der Waals surface area contributed by atoms with E-state index in [1.807, 2.05) is 24.3 Å². The van der Waals surface area contributed by atoms with Crippen LogP contribution in [0.1, 0.15) is 44.1 Å². The summed E-state index contributed by atoms with van der Waals surface area (Å²) in [6, 6.07) is 41.3. The first-order valence-electron chi connectivity index (χ1n) is 18.6. The molecule has 1 aliphatic heterocycles. The van der Waals surface area contributed by atoms with Crippen LogP contribution in [0.4, 0.5) is 5.69 Å². The van der Waals surface area contributed by atoms with Crippen molar-refractivity contribution in [2.45, 2.75) is 57.0 Å². The molecule has 0 radical (unpaired) electrons. The van der Waals surface area contributed by atoms with Crippen LogP contribution in [0.25, 0.3) is 61.3 Å². The molecule has 1 aromatic heterocycles. The zero-order valence-electron chi connectivity index (χ0n) is 29.2. The van der Waals surface area contributed by atoms with E-state index >= 15 is 0 Å². The highest BCUT2D eigenvalue weighted by atomic mass is 28.3. The van der Waals surface area contributed by atoms with Gasteiger partial charge in [-0.3, -0.25) is 0 Å². The highest BCUT2D eigenvalue weighted by molar-refractivity contribution is 7.03. The second kappa shape index (κ2) is 11.4. The van der Waals surface area contributed by atoms with E-state index in [2.05, 4.69) is 109 Å². The Labute approximate surface area is 301 Å². The highest BCUT2D eigenvalue weighted by Crippen LogP contribution is 2.60. The minimum absolute atomic E-state index is 0.419. The largest absolute Gasteiger partial charge is 0.238 e. The first kappa shape index (κ1) is 30.6. The van der Waals surface area contributed by atoms with Gasteiger partial charge in [-0.2, -0.15) is 0 Å². The van der Waals surface area contributed by atoms with Crippen molar-refractivity contribution in [3.8, 4) is 56.4 Å². The fourth-order valence-electron chi connectivity index (χ4n) is 10.6. The number of aromatic nitrogens is 3. The Kier molecular flexibility index (Phi) is 6.86. The lowest BCUT2D eigenvalue weighted by Gasteiger charge is -2.57. The van der Waals surface area contributed by atoms with E-state index in [-0.39, 0.29) is 0 Å². The molecular formula is C46H40N4Si. The molecule has 4 fully saturated rings. The molecule has 248 valence electrons. The van der Waals surface area contributed by atoms with E-state index < -0.39 is 8.07 Å². The Morgan fingerprint density at radius 3 is 1.61 bits per heavy atom. The summed E-state index contributed by atoms with van der Waals surface area (Å²) in [6.07, 6.45) is 8.61. The number of rotatable bonds is 5. The average molecular weight is 677 g/mol. The molecule has 5 heteroatoms. The van der Waals surface area contributed by atoms with Crippen LogP contribution in [0, 0.1) is 24.3 Å². The summed E-state index contributed by atoms with van der Waals surface area (Å²) >= 11 is 0. The Balaban J connectivity index is 0.997. The summed E-state index contributed by atoms with van der Waals surface area (Å²) in [5, 5.41) is 2.90. The smallest absolute Gasteiger partial charge is 0.187 e. The van der Waals surface area contributed by atoms with Crippen molar-refractivity contribution in [2.24, 2.45) is 17.8 Å². The van der Waals surface area contributed by atoms with Crippen LogP contribution >= 0.6 is 0 Å². The number of fused-ring (bicyclic) bond motifs is 3. The van der Waals surface area contributed by atoms with Gasteiger partial charge < -0.3 is 0 Å². The third-order valence-corrected chi connectivity index (χ3v) is 16.3. The standard InChI is InChI=1S/C46H40N4Si/c1-47-38-19-14-35(15-20-38)44-48-43(49-45(50-44)36-16-21-40-39-6-4-5-7-41(39)51(2,3)42(40)25-36)34-10-8-32(9-11-34)33-12-17-37(18-13-33)46-26-29-22-30(27-46)24-31(23-29)28-46/h4-21,25,29-31H,22-24,26-28H2,2-3H3. The first-order valence-corrected chi connectivity index (χ1v) is 21.6. The molecule has 2 heterocycles. The van der Waals surface area contributed by atoms with E-state index in [0.717, 1.165) is 34.4 Å². The Morgan fingerprint density at radius 1 is 0.549 bits per heavy atom. The number of benzene rings is 5. The highest BCUT2D eigenvalue weighted by Gasteiger charge is 2.51. The Bertz CT molecular complexity index is 2330. The lowest BCUT2D eigenvalue weighted by molar-refractivity contribution is -0.00518. The molecule has 0 unspecified atom stereocenters. The predicted molar refractivity (Wildman–Crippen MR) is 210 cm³/mol. The summed E-state index contributed by atoms with van der Waals surface area (Å²) in [4.78, 5) is 18.7. The van der Waals surface area contributed by atoms with Gasteiger partial charge in [0.1, 0.15) is 8.07 Å². The SMILES string of the molecule is [C-]#[N+]c1ccc(-c2nc(-c3ccc(-c4ccc(C56CC7CC(CC(C7)C5)C6)cc4)cc3)nc(-c3ccc4c(c3)[Si](C)(C)c3ccccc3-4)n2)cc1. The van der Waals surface area contributed by atoms with E-state index in [9.17, 15) is 0 Å². The molecule has 4 nitrogen and oxygen atoms in total. The van der Waals surface area contributed by atoms with Crippen LogP contribution < -0.4 is 10.4 Å². The van der Waals surface area contributed by atoms with Crippen LogP contribution in [0.15, 0.2) is 115 Å². The quantitative estimate of drug-likeness (QED) is 0.135. The van der Waals surface area contributed by atoms with Gasteiger partial charge in [-0.15, -0.1) is 0 Å². The lowest BCUT2D eigenvalue weighted by Crippen LogP contribution is -2.49. The van der Waals surface area contributed by atoms with Gasteiger partial charge in [-0.25, -0.2) is 19.8 Å². The van der Waals surface area contributed by atoms with Crippen molar-refractivity contribution in [1.82, 2.24) is 15.0 Å². The van der Waals surface area contributed by atoms with Crippen molar-refractivity contribution in [3.05, 3.63) is 132 Å². The van der Waals surface area contributed by atoms with Crippen LogP contribution in [-0.4, -0.2) is 23.0 Å². The van der Waals surface area contributed by atoms with Gasteiger partial charge in [-0.1, -0.05) is 128 Å². The number of nitrogens with zero attached hydrogens (tertiary/aromatic N) is 4. The normalized spacial score (nSPS) is 23.4. The number of hydrogen-bond donors (Lipinski definition) is 0. The minimum atomic E-state index is -1.87. The molecule has 5 aliphatic rings. The van der Waals surface area contributed by atoms with E-state index in [1.54, 1.807) is 5.56 Å². The lowest BCUT2D eigenvalue weighted by atomic mass is 9.48. The summed E-state index contributed by atoms with van der Waals surface area (Å²) in [6.45, 7) is 12.3. The summed E-state index contributed by atoms with van der Waals surface area (Å²) in [7, 11) is -1.87.